The van der Waals surface area contributed by atoms with Crippen LogP contribution >= 0.6 is 0 Å². The number of rotatable bonds is 4. The highest BCUT2D eigenvalue weighted by molar-refractivity contribution is 6.08. The molecule has 1 atom stereocenters. The average molecular weight is 206 g/mol. The van der Waals surface area contributed by atoms with E-state index < -0.39 is 11.9 Å². The maximum Gasteiger partial charge on any atom is 0.314 e. The maximum absolute atomic E-state index is 11.7. The van der Waals surface area contributed by atoms with Crippen molar-refractivity contribution in [1.82, 2.24) is 0 Å². The Hall–Kier alpha value is -1.64. The van der Waals surface area contributed by atoms with E-state index in [-0.39, 0.29) is 5.78 Å². The van der Waals surface area contributed by atoms with Crippen molar-refractivity contribution in [2.75, 3.05) is 0 Å². The molecule has 0 spiro atoms. The Balaban J connectivity index is 2.93. The standard InChI is InChI=1S/C12H14O3/c1-3-10(12(14)15)11(13)9-6-4-8(2)5-7-9/h4-7,10H,3H2,1-2H3,(H,14,15). The van der Waals surface area contributed by atoms with E-state index >= 15 is 0 Å². The molecule has 3 nitrogen and oxygen atoms in total. The third-order valence-electron chi connectivity index (χ3n) is 2.36. The summed E-state index contributed by atoms with van der Waals surface area (Å²) in [6.07, 6.45) is 0.321. The van der Waals surface area contributed by atoms with Crippen LogP contribution in [0.5, 0.6) is 0 Å². The van der Waals surface area contributed by atoms with Crippen LogP contribution in [0.4, 0.5) is 0 Å². The van der Waals surface area contributed by atoms with Crippen molar-refractivity contribution < 1.29 is 14.7 Å². The Kier molecular flexibility index (Phi) is 3.61. The fourth-order valence-electron chi connectivity index (χ4n) is 1.39. The molecule has 0 saturated heterocycles. The summed E-state index contributed by atoms with van der Waals surface area (Å²) in [6, 6.07) is 6.95. The largest absolute Gasteiger partial charge is 0.481 e. The number of hydrogen-bond donors (Lipinski definition) is 1. The monoisotopic (exact) mass is 206 g/mol. The molecule has 1 aromatic rings. The van der Waals surface area contributed by atoms with Gasteiger partial charge in [0.25, 0.3) is 0 Å². The van der Waals surface area contributed by atoms with Crippen LogP contribution in [0.1, 0.15) is 29.3 Å². The summed E-state index contributed by atoms with van der Waals surface area (Å²) in [6.45, 7) is 3.62. The highest BCUT2D eigenvalue weighted by atomic mass is 16.4. The molecule has 0 aliphatic heterocycles. The molecule has 0 heterocycles. The van der Waals surface area contributed by atoms with Gasteiger partial charge in [0.15, 0.2) is 5.78 Å². The predicted octanol–water partition coefficient (Wildman–Crippen LogP) is 2.29. The Labute approximate surface area is 88.7 Å². The number of ketones is 1. The van der Waals surface area contributed by atoms with E-state index in [4.69, 9.17) is 5.11 Å². The Morgan fingerprint density at radius 3 is 2.20 bits per heavy atom. The second-order valence-corrected chi connectivity index (χ2v) is 3.53. The summed E-state index contributed by atoms with van der Waals surface area (Å²) in [5.74, 6) is -2.29. The van der Waals surface area contributed by atoms with E-state index in [1.807, 2.05) is 19.1 Å². The molecule has 0 aliphatic carbocycles. The van der Waals surface area contributed by atoms with Gasteiger partial charge in [0.1, 0.15) is 5.92 Å². The van der Waals surface area contributed by atoms with E-state index in [9.17, 15) is 9.59 Å². The number of benzene rings is 1. The first-order valence-electron chi connectivity index (χ1n) is 4.90. The summed E-state index contributed by atoms with van der Waals surface area (Å²) in [5.41, 5.74) is 1.52. The highest BCUT2D eigenvalue weighted by Crippen LogP contribution is 2.13. The molecule has 1 N–H and O–H groups in total. The third kappa shape index (κ3) is 2.65. The van der Waals surface area contributed by atoms with Crippen LogP contribution in [0, 0.1) is 12.8 Å². The van der Waals surface area contributed by atoms with Gasteiger partial charge in [-0.1, -0.05) is 36.8 Å². The molecule has 0 fully saturated rings. The zero-order chi connectivity index (χ0) is 11.4. The lowest BCUT2D eigenvalue weighted by Crippen LogP contribution is -2.23. The summed E-state index contributed by atoms with van der Waals surface area (Å²) >= 11 is 0. The van der Waals surface area contributed by atoms with Crippen LogP contribution in [-0.2, 0) is 4.79 Å². The van der Waals surface area contributed by atoms with Crippen LogP contribution in [0.2, 0.25) is 0 Å². The van der Waals surface area contributed by atoms with Gasteiger partial charge in [0.2, 0.25) is 0 Å². The van der Waals surface area contributed by atoms with Gasteiger partial charge in [-0.05, 0) is 13.3 Å². The Morgan fingerprint density at radius 1 is 1.27 bits per heavy atom. The molecule has 0 bridgehead atoms. The molecule has 1 rings (SSSR count). The zero-order valence-electron chi connectivity index (χ0n) is 8.86. The Bertz CT molecular complexity index is 365. The molecular formula is C12H14O3. The lowest BCUT2D eigenvalue weighted by Gasteiger charge is -2.08. The lowest BCUT2D eigenvalue weighted by molar-refractivity contribution is -0.140. The number of aryl methyl sites for hydroxylation is 1. The van der Waals surface area contributed by atoms with Crippen molar-refractivity contribution in [3.05, 3.63) is 35.4 Å². The predicted molar refractivity (Wildman–Crippen MR) is 56.9 cm³/mol. The first-order chi connectivity index (χ1) is 7.06. The second kappa shape index (κ2) is 4.73. The fourth-order valence-corrected chi connectivity index (χ4v) is 1.39. The Morgan fingerprint density at radius 2 is 1.80 bits per heavy atom. The minimum absolute atomic E-state index is 0.315. The van der Waals surface area contributed by atoms with Gasteiger partial charge < -0.3 is 5.11 Å². The fraction of sp³-hybridized carbons (Fsp3) is 0.333. The number of hydrogen-bond acceptors (Lipinski definition) is 2. The summed E-state index contributed by atoms with van der Waals surface area (Å²) < 4.78 is 0. The second-order valence-electron chi connectivity index (χ2n) is 3.53. The summed E-state index contributed by atoms with van der Waals surface area (Å²) in [5, 5.41) is 8.84. The van der Waals surface area contributed by atoms with Crippen LogP contribution in [0.3, 0.4) is 0 Å². The highest BCUT2D eigenvalue weighted by Gasteiger charge is 2.24. The van der Waals surface area contributed by atoms with Crippen LogP contribution in [-0.4, -0.2) is 16.9 Å². The topological polar surface area (TPSA) is 54.4 Å². The van der Waals surface area contributed by atoms with Gasteiger partial charge in [-0.25, -0.2) is 0 Å². The number of aliphatic carboxylic acids is 1. The SMILES string of the molecule is CCC(C(=O)O)C(=O)c1ccc(C)cc1. The van der Waals surface area contributed by atoms with E-state index in [2.05, 4.69) is 0 Å². The number of carbonyl (C=O) groups excluding carboxylic acids is 1. The van der Waals surface area contributed by atoms with Gasteiger partial charge in [-0.3, -0.25) is 9.59 Å². The molecule has 80 valence electrons. The number of carbonyl (C=O) groups is 2. The number of carboxylic acid groups (broad SMARTS) is 1. The van der Waals surface area contributed by atoms with Crippen molar-refractivity contribution >= 4 is 11.8 Å². The molecule has 0 radical (unpaired) electrons. The molecule has 15 heavy (non-hydrogen) atoms. The van der Waals surface area contributed by atoms with Crippen LogP contribution in [0.25, 0.3) is 0 Å². The van der Waals surface area contributed by atoms with Crippen molar-refractivity contribution in [2.45, 2.75) is 20.3 Å². The molecule has 0 saturated carbocycles. The van der Waals surface area contributed by atoms with E-state index in [0.29, 0.717) is 12.0 Å². The molecule has 0 amide bonds. The minimum atomic E-state index is -1.05. The smallest absolute Gasteiger partial charge is 0.314 e. The molecular weight excluding hydrogens is 192 g/mol. The van der Waals surface area contributed by atoms with Crippen molar-refractivity contribution in [2.24, 2.45) is 5.92 Å². The van der Waals surface area contributed by atoms with Crippen molar-refractivity contribution in [1.29, 1.82) is 0 Å². The summed E-state index contributed by atoms with van der Waals surface area (Å²) in [7, 11) is 0. The van der Waals surface area contributed by atoms with Gasteiger partial charge >= 0.3 is 5.97 Å². The first kappa shape index (κ1) is 11.4. The third-order valence-corrected chi connectivity index (χ3v) is 2.36. The zero-order valence-corrected chi connectivity index (χ0v) is 8.86. The minimum Gasteiger partial charge on any atom is -0.481 e. The molecule has 3 heteroatoms. The van der Waals surface area contributed by atoms with Gasteiger partial charge in [0.05, 0.1) is 0 Å². The molecule has 0 aromatic heterocycles. The molecule has 0 aliphatic rings. The van der Waals surface area contributed by atoms with Gasteiger partial charge in [-0.15, -0.1) is 0 Å². The normalized spacial score (nSPS) is 12.1. The molecule has 1 aromatic carbocycles. The van der Waals surface area contributed by atoms with Crippen molar-refractivity contribution in [3.63, 3.8) is 0 Å². The molecule has 1 unspecified atom stereocenters. The maximum atomic E-state index is 11.7. The quantitative estimate of drug-likeness (QED) is 0.607. The first-order valence-corrected chi connectivity index (χ1v) is 4.90. The van der Waals surface area contributed by atoms with E-state index in [1.54, 1.807) is 19.1 Å². The van der Waals surface area contributed by atoms with Gasteiger partial charge in [0, 0.05) is 5.56 Å². The van der Waals surface area contributed by atoms with Crippen molar-refractivity contribution in [3.8, 4) is 0 Å². The number of carboxylic acids is 1. The van der Waals surface area contributed by atoms with Crippen LogP contribution in [0.15, 0.2) is 24.3 Å². The van der Waals surface area contributed by atoms with Crippen LogP contribution < -0.4 is 0 Å². The van der Waals surface area contributed by atoms with Gasteiger partial charge in [-0.2, -0.15) is 0 Å². The number of Topliss-reactive ketones (excluding diaryl/α,β-unsaturated/α-hetero) is 1. The average Bonchev–Trinajstić information content (AvgIpc) is 2.19. The lowest BCUT2D eigenvalue weighted by atomic mass is 9.95. The van der Waals surface area contributed by atoms with E-state index in [0.717, 1.165) is 5.56 Å². The summed E-state index contributed by atoms with van der Waals surface area (Å²) in [4.78, 5) is 22.5. The van der Waals surface area contributed by atoms with E-state index in [1.165, 1.54) is 0 Å².